The zero-order valence-corrected chi connectivity index (χ0v) is 39.5. The first kappa shape index (κ1) is 49.7. The second-order valence-electron chi connectivity index (χ2n) is 11.7. The molecule has 7 N–H and O–H groups in total. The van der Waals surface area contributed by atoms with Crippen molar-refractivity contribution in [2.45, 2.75) is 9.79 Å². The quantitative estimate of drug-likeness (QED) is 0.0345. The van der Waals surface area contributed by atoms with Crippen LogP contribution < -0.4 is 111 Å². The fourth-order valence-electron chi connectivity index (χ4n) is 5.23. The third-order valence-corrected chi connectivity index (χ3v) is 10.5. The summed E-state index contributed by atoms with van der Waals surface area (Å²) in [6.07, 6.45) is 0.614. The molecule has 286 valence electrons. The number of nitrogen functional groups attached to an aromatic ring is 3. The summed E-state index contributed by atoms with van der Waals surface area (Å²) in [6.45, 7) is 0. The first-order chi connectivity index (χ1) is 26.3. The molecule has 5 aromatic carbocycles. The number of azo groups is 2. The Balaban J connectivity index is 0.00000310. The Morgan fingerprint density at radius 1 is 0.593 bits per heavy atom. The maximum Gasteiger partial charge on any atom is 1.00 e. The number of fused-ring (bicyclic) bond motifs is 1. The van der Waals surface area contributed by atoms with Crippen molar-refractivity contribution < 1.29 is 132 Å². The van der Waals surface area contributed by atoms with E-state index in [2.05, 4.69) is 31.0 Å². The van der Waals surface area contributed by atoms with E-state index in [1.165, 1.54) is 12.1 Å². The molecule has 1 aliphatic rings. The molecule has 0 radical (unpaired) electrons. The molecule has 25 heteroatoms. The zero-order chi connectivity index (χ0) is 40.6. The van der Waals surface area contributed by atoms with Crippen LogP contribution in [0.5, 0.6) is 0 Å². The van der Waals surface area contributed by atoms with Gasteiger partial charge in [-0.15, -0.1) is 10.2 Å². The van der Waals surface area contributed by atoms with Gasteiger partial charge in [-0.05, 0) is 95.6 Å². The molecule has 0 unspecified atom stereocenters. The maximum absolute atomic E-state index is 13.7. The van der Waals surface area contributed by atoms with Gasteiger partial charge in [0.1, 0.15) is 47.4 Å². The molecule has 5 aromatic rings. The zero-order valence-electron chi connectivity index (χ0n) is 31.1. The van der Waals surface area contributed by atoms with Gasteiger partial charge in [-0.3, -0.25) is 10.2 Å². The minimum atomic E-state index is -5.47. The number of anilines is 4. The number of ketones is 1. The maximum atomic E-state index is 13.7. The summed E-state index contributed by atoms with van der Waals surface area (Å²) in [4.78, 5) is 10.8. The van der Waals surface area contributed by atoms with Crippen molar-refractivity contribution in [3.05, 3.63) is 113 Å². The fourth-order valence-corrected chi connectivity index (χ4v) is 7.00. The Bertz CT molecular complexity index is 2900. The largest absolute Gasteiger partial charge is 1.00 e. The molecule has 0 atom stereocenters. The number of allylic oxidation sites excluding steroid dienone is 1. The molecule has 0 amide bonds. The molecule has 1 aliphatic carbocycles. The van der Waals surface area contributed by atoms with Gasteiger partial charge in [0.15, 0.2) is 0 Å². The van der Waals surface area contributed by atoms with Crippen LogP contribution in [0.15, 0.2) is 137 Å². The number of rotatable bonds is 10. The molecule has 59 heavy (non-hydrogen) atoms. The fraction of sp³-hybridized carbons (Fsp3) is 0. The van der Waals surface area contributed by atoms with Gasteiger partial charge in [0.05, 0.1) is 48.7 Å². The van der Waals surface area contributed by atoms with Crippen molar-refractivity contribution in [3.63, 3.8) is 0 Å². The van der Waals surface area contributed by atoms with Crippen LogP contribution in [0.1, 0.15) is 15.9 Å². The summed E-state index contributed by atoms with van der Waals surface area (Å²) < 4.78 is 107. The average molecular weight is 884 g/mol. The molecule has 0 aromatic heterocycles. The summed E-state index contributed by atoms with van der Waals surface area (Å²) in [7, 11) is -15.7. The molecule has 0 saturated heterocycles. The predicted octanol–water partition coefficient (Wildman–Crippen LogP) is -3.70. The first-order valence-electron chi connectivity index (χ1n) is 15.5. The Kier molecular flexibility index (Phi) is 16.7. The SMILES string of the molecule is Nc1ccc(N=Nc2ccc(-c3ccc(N=Nc4c(S(=O)(=O)[O-])cc5c(c4N)C(=O)/C(=N/Nc4ccc(S(=O)(=O)[O-])cc4)C(S(=O)(=O)[O-])=C5)cc3)cc2)c(N)c1.[Na+].[Na+].[Na+]. The topological polar surface area (TPSA) is 341 Å². The van der Waals surface area contributed by atoms with Crippen molar-refractivity contribution in [1.29, 1.82) is 0 Å². The first-order valence-corrected chi connectivity index (χ1v) is 19.8. The summed E-state index contributed by atoms with van der Waals surface area (Å²) in [5.74, 6) is -1.28. The van der Waals surface area contributed by atoms with E-state index in [0.717, 1.165) is 35.4 Å². The molecule has 6 rings (SSSR count). The van der Waals surface area contributed by atoms with E-state index in [-0.39, 0.29) is 100 Å². The van der Waals surface area contributed by atoms with Gasteiger partial charge in [0, 0.05) is 5.69 Å². The average Bonchev–Trinajstić information content (AvgIpc) is 3.13. The van der Waals surface area contributed by atoms with Crippen molar-refractivity contribution in [1.82, 2.24) is 0 Å². The van der Waals surface area contributed by atoms with E-state index in [9.17, 15) is 43.7 Å². The van der Waals surface area contributed by atoms with E-state index < -0.39 is 79.0 Å². The summed E-state index contributed by atoms with van der Waals surface area (Å²) in [5, 5.41) is 19.9. The Morgan fingerprint density at radius 2 is 1.14 bits per heavy atom. The molecule has 0 spiro atoms. The van der Waals surface area contributed by atoms with Crippen LogP contribution >= 0.6 is 0 Å². The van der Waals surface area contributed by atoms with Crippen LogP contribution in [0.2, 0.25) is 0 Å². The van der Waals surface area contributed by atoms with Crippen LogP contribution in [0.4, 0.5) is 45.5 Å². The van der Waals surface area contributed by atoms with E-state index in [1.54, 1.807) is 54.6 Å². The second kappa shape index (κ2) is 19.8. The van der Waals surface area contributed by atoms with Gasteiger partial charge < -0.3 is 30.9 Å². The standard InChI is InChI=1S/C34H27N9O10S3.3Na/c35-21-5-14-27(26(36)17-21)41-38-22-6-1-18(2-7-22)19-3-8-23(9-4-19)39-42-32-28(55(48,49)50)15-20-16-29(56(51,52)53)33(34(44)30(20)31(32)37)43-40-24-10-12-25(13-11-24)54(45,46)47;;;/h1-17,40H,35-37H2,(H,45,46,47)(H,48,49,50)(H,51,52,53);;;/q;3*+1/p-3/b41-38?,42-39?,43-33+;;;. The van der Waals surface area contributed by atoms with Gasteiger partial charge in [0.2, 0.25) is 5.78 Å². The normalized spacial score (nSPS) is 13.6. The number of benzene rings is 5. The summed E-state index contributed by atoms with van der Waals surface area (Å²) in [6, 6.07) is 22.9. The van der Waals surface area contributed by atoms with Crippen molar-refractivity contribution in [2.24, 2.45) is 25.6 Å². The summed E-state index contributed by atoms with van der Waals surface area (Å²) >= 11 is 0. The number of hydrazone groups is 1. The Morgan fingerprint density at radius 3 is 1.63 bits per heavy atom. The van der Waals surface area contributed by atoms with E-state index >= 15 is 0 Å². The second-order valence-corrected chi connectivity index (χ2v) is 15.8. The van der Waals surface area contributed by atoms with Crippen molar-refractivity contribution in [3.8, 4) is 11.1 Å². The number of nitrogens with two attached hydrogens (primary N) is 3. The number of nitrogens with one attached hydrogen (secondary N) is 1. The van der Waals surface area contributed by atoms with Crippen LogP contribution in [0, 0.1) is 0 Å². The number of carbonyl (C=O) groups excluding carboxylic acids is 1. The third kappa shape index (κ3) is 11.8. The number of nitrogens with zero attached hydrogens (tertiary/aromatic N) is 5. The molecular formula is C34H24N9Na3O10S3. The molecule has 0 bridgehead atoms. The predicted molar refractivity (Wildman–Crippen MR) is 202 cm³/mol. The number of carbonyl (C=O) groups is 1. The number of hydrogen-bond donors (Lipinski definition) is 4. The van der Waals surface area contributed by atoms with Crippen molar-refractivity contribution >= 4 is 93.4 Å². The Labute approximate surface area is 403 Å². The van der Waals surface area contributed by atoms with E-state index in [4.69, 9.17) is 17.2 Å². The van der Waals surface area contributed by atoms with Crippen LogP contribution in [-0.2, 0) is 30.4 Å². The van der Waals surface area contributed by atoms with E-state index in [1.807, 2.05) is 0 Å². The van der Waals surface area contributed by atoms with Gasteiger partial charge in [0.25, 0.3) is 0 Å². The number of Topliss-reactive ketones (excluding diaryl/α,β-unsaturated/α-hetero) is 1. The minimum Gasteiger partial charge on any atom is -0.744 e. The van der Waals surface area contributed by atoms with Crippen molar-refractivity contribution in [2.75, 3.05) is 22.6 Å². The van der Waals surface area contributed by atoms with Crippen LogP contribution in [-0.4, -0.2) is 50.4 Å². The Hall–Kier alpha value is -3.69. The van der Waals surface area contributed by atoms with Gasteiger partial charge in [-0.2, -0.15) is 15.3 Å². The molecule has 0 saturated carbocycles. The van der Waals surface area contributed by atoms with Crippen LogP contribution in [0.3, 0.4) is 0 Å². The minimum absolute atomic E-state index is 0. The molecule has 0 heterocycles. The molecule has 0 aliphatic heterocycles. The van der Waals surface area contributed by atoms with Gasteiger partial charge in [-0.1, -0.05) is 24.3 Å². The van der Waals surface area contributed by atoms with Gasteiger partial charge in [-0.25, -0.2) is 25.3 Å². The third-order valence-electron chi connectivity index (χ3n) is 7.93. The molecule has 0 fully saturated rings. The van der Waals surface area contributed by atoms with Gasteiger partial charge >= 0.3 is 88.7 Å². The van der Waals surface area contributed by atoms with E-state index in [0.29, 0.717) is 34.9 Å². The van der Waals surface area contributed by atoms with Crippen LogP contribution in [0.25, 0.3) is 17.2 Å². The molecular weight excluding hydrogens is 860 g/mol. The monoisotopic (exact) mass is 883 g/mol. The summed E-state index contributed by atoms with van der Waals surface area (Å²) in [5.41, 5.74) is 20.1. The molecule has 19 nitrogen and oxygen atoms in total. The number of hydrogen-bond acceptors (Lipinski definition) is 19. The smallest absolute Gasteiger partial charge is 0.744 e.